The second-order valence-corrected chi connectivity index (χ2v) is 3.17. The highest BCUT2D eigenvalue weighted by molar-refractivity contribution is 5.93. The summed E-state index contributed by atoms with van der Waals surface area (Å²) in [6.07, 6.45) is -4.90. The Morgan fingerprint density at radius 2 is 1.79 bits per heavy atom. The molecule has 19 heavy (non-hydrogen) atoms. The first-order chi connectivity index (χ1) is 8.67. The standard InChI is InChI=1S/C9H9F4N5O/c10-5-2-1-4(19-9(11,12)13)3-6(5)17-8(16)18-7(14)15/h1-3H,(H6,14,15,16,17,18). The van der Waals surface area contributed by atoms with Gasteiger partial charge in [0.15, 0.2) is 5.96 Å². The van der Waals surface area contributed by atoms with E-state index < -0.39 is 35.5 Å². The molecule has 0 radical (unpaired) electrons. The van der Waals surface area contributed by atoms with Crippen molar-refractivity contribution in [2.75, 3.05) is 0 Å². The van der Waals surface area contributed by atoms with E-state index in [1.165, 1.54) is 0 Å². The van der Waals surface area contributed by atoms with Crippen LogP contribution in [0.5, 0.6) is 5.75 Å². The van der Waals surface area contributed by atoms with E-state index in [9.17, 15) is 17.6 Å². The predicted molar refractivity (Wildman–Crippen MR) is 60.2 cm³/mol. The molecule has 0 amide bonds. The van der Waals surface area contributed by atoms with Gasteiger partial charge in [0, 0.05) is 6.07 Å². The highest BCUT2D eigenvalue weighted by atomic mass is 19.4. The largest absolute Gasteiger partial charge is 0.573 e. The predicted octanol–water partition coefficient (Wildman–Crippen LogP) is 0.944. The average molecular weight is 279 g/mol. The van der Waals surface area contributed by atoms with Crippen LogP contribution < -0.4 is 21.9 Å². The van der Waals surface area contributed by atoms with E-state index in [1.54, 1.807) is 0 Å². The monoisotopic (exact) mass is 279 g/mol. The molecule has 0 saturated carbocycles. The minimum atomic E-state index is -4.90. The summed E-state index contributed by atoms with van der Waals surface area (Å²) in [5.41, 5.74) is 14.7. The molecule has 1 aromatic rings. The van der Waals surface area contributed by atoms with Gasteiger partial charge >= 0.3 is 6.36 Å². The molecule has 0 heterocycles. The van der Waals surface area contributed by atoms with Crippen molar-refractivity contribution in [3.63, 3.8) is 0 Å². The highest BCUT2D eigenvalue weighted by Crippen LogP contribution is 2.28. The number of rotatable bonds is 2. The van der Waals surface area contributed by atoms with Crippen LogP contribution in [0.4, 0.5) is 23.2 Å². The molecule has 1 aromatic carbocycles. The quantitative estimate of drug-likeness (QED) is 0.425. The summed E-state index contributed by atoms with van der Waals surface area (Å²) in [5.74, 6) is -2.50. The Kier molecular flexibility index (Phi) is 4.14. The van der Waals surface area contributed by atoms with Crippen LogP contribution in [0.2, 0.25) is 0 Å². The van der Waals surface area contributed by atoms with Crippen molar-refractivity contribution in [1.82, 2.24) is 0 Å². The molecule has 6 N–H and O–H groups in total. The summed E-state index contributed by atoms with van der Waals surface area (Å²) < 4.78 is 52.8. The van der Waals surface area contributed by atoms with Crippen molar-refractivity contribution in [2.45, 2.75) is 6.36 Å². The molecule has 0 aromatic heterocycles. The summed E-state index contributed by atoms with van der Waals surface area (Å²) in [6.45, 7) is 0. The summed E-state index contributed by atoms with van der Waals surface area (Å²) in [7, 11) is 0. The van der Waals surface area contributed by atoms with Crippen LogP contribution in [-0.2, 0) is 0 Å². The van der Waals surface area contributed by atoms with Crippen LogP contribution >= 0.6 is 0 Å². The van der Waals surface area contributed by atoms with Gasteiger partial charge in [-0.15, -0.1) is 13.2 Å². The van der Waals surface area contributed by atoms with Crippen LogP contribution in [0, 0.1) is 5.82 Å². The minimum absolute atomic E-state index is 0.427. The smallest absolute Gasteiger partial charge is 0.406 e. The Balaban J connectivity index is 3.08. The number of ether oxygens (including phenoxy) is 1. The van der Waals surface area contributed by atoms with Crippen molar-refractivity contribution < 1.29 is 22.3 Å². The van der Waals surface area contributed by atoms with Crippen molar-refractivity contribution in [1.29, 1.82) is 0 Å². The fourth-order valence-corrected chi connectivity index (χ4v) is 1.06. The lowest BCUT2D eigenvalue weighted by atomic mass is 10.3. The molecule has 104 valence electrons. The number of benzene rings is 1. The van der Waals surface area contributed by atoms with Crippen LogP contribution in [-0.4, -0.2) is 18.3 Å². The number of halogens is 4. The van der Waals surface area contributed by atoms with E-state index in [2.05, 4.69) is 14.7 Å². The lowest BCUT2D eigenvalue weighted by Crippen LogP contribution is -2.26. The van der Waals surface area contributed by atoms with E-state index in [4.69, 9.17) is 17.2 Å². The zero-order valence-corrected chi connectivity index (χ0v) is 9.28. The third-order valence-corrected chi connectivity index (χ3v) is 1.63. The van der Waals surface area contributed by atoms with Gasteiger partial charge in [0.1, 0.15) is 17.3 Å². The number of nitrogens with two attached hydrogens (primary N) is 3. The Morgan fingerprint density at radius 1 is 1.16 bits per heavy atom. The topological polar surface area (TPSA) is 112 Å². The number of alkyl halides is 3. The van der Waals surface area contributed by atoms with E-state index in [-0.39, 0.29) is 0 Å². The fourth-order valence-electron chi connectivity index (χ4n) is 1.06. The molecule has 1 rings (SSSR count). The molecule has 0 bridgehead atoms. The van der Waals surface area contributed by atoms with Gasteiger partial charge in [0.2, 0.25) is 5.96 Å². The summed E-state index contributed by atoms with van der Waals surface area (Å²) in [6, 6.07) is 2.24. The number of hydrogen-bond donors (Lipinski definition) is 3. The minimum Gasteiger partial charge on any atom is -0.406 e. The summed E-state index contributed by atoms with van der Waals surface area (Å²) in [5, 5.41) is 0. The maximum atomic E-state index is 13.3. The molecule has 0 atom stereocenters. The number of guanidine groups is 2. The maximum Gasteiger partial charge on any atom is 0.573 e. The normalized spacial score (nSPS) is 12.1. The van der Waals surface area contributed by atoms with Crippen molar-refractivity contribution in [3.8, 4) is 5.75 Å². The Labute approximate surface area is 104 Å². The van der Waals surface area contributed by atoms with Crippen LogP contribution in [0.15, 0.2) is 28.2 Å². The molecule has 0 unspecified atom stereocenters. The molecule has 10 heteroatoms. The molecular weight excluding hydrogens is 270 g/mol. The van der Waals surface area contributed by atoms with E-state index in [0.29, 0.717) is 6.07 Å². The third kappa shape index (κ3) is 5.10. The van der Waals surface area contributed by atoms with Crippen molar-refractivity contribution >= 4 is 17.6 Å². The van der Waals surface area contributed by atoms with Gasteiger partial charge < -0.3 is 21.9 Å². The van der Waals surface area contributed by atoms with Gasteiger partial charge in [-0.3, -0.25) is 0 Å². The molecule has 0 saturated heterocycles. The first kappa shape index (κ1) is 14.5. The lowest BCUT2D eigenvalue weighted by molar-refractivity contribution is -0.274. The Bertz CT molecular complexity index is 522. The molecule has 6 nitrogen and oxygen atoms in total. The molecule has 0 spiro atoms. The number of nitrogens with zero attached hydrogens (tertiary/aromatic N) is 2. The second-order valence-electron chi connectivity index (χ2n) is 3.17. The van der Waals surface area contributed by atoms with Crippen LogP contribution in [0.25, 0.3) is 0 Å². The molecular formula is C9H9F4N5O. The molecule has 0 aliphatic rings. The number of aliphatic imine (C=N–C) groups is 2. The van der Waals surface area contributed by atoms with Gasteiger partial charge in [0.25, 0.3) is 0 Å². The Hall–Kier alpha value is -2.52. The summed E-state index contributed by atoms with van der Waals surface area (Å²) >= 11 is 0. The Morgan fingerprint density at radius 3 is 2.32 bits per heavy atom. The van der Waals surface area contributed by atoms with Crippen LogP contribution in [0.3, 0.4) is 0 Å². The van der Waals surface area contributed by atoms with Crippen molar-refractivity contribution in [3.05, 3.63) is 24.0 Å². The number of hydrogen-bond acceptors (Lipinski definition) is 2. The molecule has 0 aliphatic carbocycles. The first-order valence-electron chi connectivity index (χ1n) is 4.66. The maximum absolute atomic E-state index is 13.3. The van der Waals surface area contributed by atoms with Gasteiger partial charge in [-0.25, -0.2) is 9.38 Å². The average Bonchev–Trinajstić information content (AvgIpc) is 2.19. The van der Waals surface area contributed by atoms with Gasteiger partial charge in [-0.05, 0) is 12.1 Å². The zero-order chi connectivity index (χ0) is 14.6. The van der Waals surface area contributed by atoms with Gasteiger partial charge in [0.05, 0.1) is 0 Å². The third-order valence-electron chi connectivity index (χ3n) is 1.63. The molecule has 0 fully saturated rings. The van der Waals surface area contributed by atoms with E-state index >= 15 is 0 Å². The summed E-state index contributed by atoms with van der Waals surface area (Å²) in [4.78, 5) is 6.70. The van der Waals surface area contributed by atoms with E-state index in [1.807, 2.05) is 0 Å². The van der Waals surface area contributed by atoms with E-state index in [0.717, 1.165) is 12.1 Å². The second kappa shape index (κ2) is 5.42. The lowest BCUT2D eigenvalue weighted by Gasteiger charge is -2.09. The molecule has 0 aliphatic heterocycles. The first-order valence-corrected chi connectivity index (χ1v) is 4.66. The zero-order valence-electron chi connectivity index (χ0n) is 9.28. The van der Waals surface area contributed by atoms with Crippen LogP contribution in [0.1, 0.15) is 0 Å². The van der Waals surface area contributed by atoms with Gasteiger partial charge in [-0.2, -0.15) is 4.99 Å². The van der Waals surface area contributed by atoms with Crippen molar-refractivity contribution in [2.24, 2.45) is 27.2 Å². The fraction of sp³-hybridized carbons (Fsp3) is 0.111. The SMILES string of the molecule is NC(N)=NC(N)=Nc1cc(OC(F)(F)F)ccc1F. The van der Waals surface area contributed by atoms with Gasteiger partial charge in [-0.1, -0.05) is 0 Å². The highest BCUT2D eigenvalue weighted by Gasteiger charge is 2.31.